The second kappa shape index (κ2) is 8.51. The Labute approximate surface area is 201 Å². The summed E-state index contributed by atoms with van der Waals surface area (Å²) in [4.78, 5) is 32.4. The summed E-state index contributed by atoms with van der Waals surface area (Å²) in [7, 11) is 0. The Hall–Kier alpha value is -2.70. The second-order valence-electron chi connectivity index (χ2n) is 9.01. The number of amides is 1. The lowest BCUT2D eigenvalue weighted by Crippen LogP contribution is -2.70. The molecule has 3 aliphatic rings. The lowest BCUT2D eigenvalue weighted by molar-refractivity contribution is -0.274. The molecule has 9 nitrogen and oxygen atoms in total. The number of fused-ring (bicyclic) bond motifs is 3. The van der Waals surface area contributed by atoms with Gasteiger partial charge in [0.25, 0.3) is 6.01 Å². The molecule has 0 N–H and O–H groups in total. The van der Waals surface area contributed by atoms with Crippen molar-refractivity contribution < 1.29 is 41.4 Å². The molecule has 13 heteroatoms. The fourth-order valence-corrected chi connectivity index (χ4v) is 4.60. The van der Waals surface area contributed by atoms with Gasteiger partial charge in [-0.2, -0.15) is 4.98 Å². The molecule has 34 heavy (non-hydrogen) atoms. The van der Waals surface area contributed by atoms with Crippen molar-refractivity contribution in [3.63, 3.8) is 0 Å². The zero-order valence-corrected chi connectivity index (χ0v) is 20.4. The highest BCUT2D eigenvalue weighted by molar-refractivity contribution is 9.10. The van der Waals surface area contributed by atoms with Gasteiger partial charge in [0.15, 0.2) is 16.8 Å². The van der Waals surface area contributed by atoms with Crippen molar-refractivity contribution in [3.8, 4) is 5.75 Å². The third-order valence-corrected chi connectivity index (χ3v) is 5.93. The van der Waals surface area contributed by atoms with Gasteiger partial charge < -0.3 is 23.5 Å². The van der Waals surface area contributed by atoms with Crippen LogP contribution in [0.2, 0.25) is 0 Å². The molecule has 3 fully saturated rings. The third-order valence-electron chi connectivity index (χ3n) is 5.34. The van der Waals surface area contributed by atoms with Gasteiger partial charge in [-0.1, -0.05) is 0 Å². The highest BCUT2D eigenvalue weighted by atomic mass is 79.9. The van der Waals surface area contributed by atoms with Gasteiger partial charge in [0.1, 0.15) is 11.2 Å². The Bertz CT molecular complexity index is 1120. The molecule has 2 unspecified atom stereocenters. The first-order valence-corrected chi connectivity index (χ1v) is 11.4. The number of ether oxygens (including phenoxy) is 3. The van der Waals surface area contributed by atoms with E-state index in [1.807, 2.05) is 0 Å². The molecule has 0 aliphatic carbocycles. The number of rotatable bonds is 4. The van der Waals surface area contributed by atoms with Crippen LogP contribution in [0.3, 0.4) is 0 Å². The highest BCUT2D eigenvalue weighted by Gasteiger charge is 2.50. The van der Waals surface area contributed by atoms with Crippen LogP contribution in [-0.2, 0) is 9.47 Å². The first kappa shape index (κ1) is 24.4. The number of hydrogen-bond acceptors (Lipinski definition) is 8. The number of oxazole rings is 1. The van der Waals surface area contributed by atoms with Crippen LogP contribution in [0.15, 0.2) is 15.0 Å². The number of halogens is 4. The predicted molar refractivity (Wildman–Crippen MR) is 117 cm³/mol. The molecule has 186 valence electrons. The average molecular weight is 550 g/mol. The van der Waals surface area contributed by atoms with E-state index in [1.54, 1.807) is 30.6 Å². The number of carbonyl (C=O) groups excluding carboxylic acids is 2. The van der Waals surface area contributed by atoms with Gasteiger partial charge >= 0.3 is 18.4 Å². The molecule has 0 spiro atoms. The molecule has 4 heterocycles. The fourth-order valence-electron chi connectivity index (χ4n) is 4.10. The van der Waals surface area contributed by atoms with Crippen molar-refractivity contribution in [3.05, 3.63) is 16.1 Å². The molecule has 2 atom stereocenters. The Kier molecular flexibility index (Phi) is 6.11. The van der Waals surface area contributed by atoms with Crippen LogP contribution in [-0.4, -0.2) is 65.7 Å². The maximum Gasteiger partial charge on any atom is 0.573 e. The number of anilines is 1. The topological polar surface area (TPSA) is 94.3 Å². The number of carbonyl (C=O) groups is 2. The van der Waals surface area contributed by atoms with E-state index in [0.717, 1.165) is 12.5 Å². The van der Waals surface area contributed by atoms with Gasteiger partial charge in [0.2, 0.25) is 0 Å². The minimum Gasteiger partial charge on any atom is -0.462 e. The molecule has 1 amide bonds. The van der Waals surface area contributed by atoms with E-state index in [4.69, 9.17) is 13.9 Å². The van der Waals surface area contributed by atoms with Crippen LogP contribution >= 0.6 is 15.9 Å². The van der Waals surface area contributed by atoms with Crippen LogP contribution in [0.25, 0.3) is 11.1 Å². The third kappa shape index (κ3) is 4.75. The van der Waals surface area contributed by atoms with Crippen molar-refractivity contribution in [1.29, 1.82) is 0 Å². The van der Waals surface area contributed by atoms with E-state index in [0.29, 0.717) is 13.1 Å². The fraction of sp³-hybridized carbons (Fsp3) is 0.571. The van der Waals surface area contributed by atoms with Crippen molar-refractivity contribution in [2.45, 2.75) is 58.2 Å². The van der Waals surface area contributed by atoms with E-state index in [2.05, 4.69) is 25.7 Å². The zero-order chi connectivity index (χ0) is 25.0. The van der Waals surface area contributed by atoms with E-state index >= 15 is 0 Å². The van der Waals surface area contributed by atoms with Gasteiger partial charge in [-0.15, -0.1) is 13.2 Å². The van der Waals surface area contributed by atoms with Crippen LogP contribution in [0.5, 0.6) is 5.75 Å². The smallest absolute Gasteiger partial charge is 0.462 e. The average Bonchev–Trinajstić information content (AvgIpc) is 3.14. The predicted octanol–water partition coefficient (Wildman–Crippen LogP) is 4.86. The summed E-state index contributed by atoms with van der Waals surface area (Å²) >= 11 is 3.23. The van der Waals surface area contributed by atoms with Gasteiger partial charge in [0.05, 0.1) is 23.2 Å². The van der Waals surface area contributed by atoms with E-state index in [-0.39, 0.29) is 40.3 Å². The molecule has 0 radical (unpaired) electrons. The summed E-state index contributed by atoms with van der Waals surface area (Å²) in [5.74, 6) is -1.78. The molecule has 5 rings (SSSR count). The highest BCUT2D eigenvalue weighted by Crippen LogP contribution is 2.42. The van der Waals surface area contributed by atoms with Gasteiger partial charge in [-0.05, 0) is 56.1 Å². The number of piperazine rings is 1. The van der Waals surface area contributed by atoms with E-state index < -0.39 is 35.3 Å². The molecule has 1 aromatic heterocycles. The Balaban J connectivity index is 1.64. The standard InChI is InChI=1S/C21H23BrF3N3O6/c1-5-31-17(29)12-7-13(22)16-14(15(12)33-21(23,24)25)26-18(32-16)27-8-10-6-11(9-27)28(10)19(30)34-20(2,3)4/h7,10-11H,5-6,8-9H2,1-4H3. The Morgan fingerprint density at radius 1 is 1.24 bits per heavy atom. The molecule has 1 aromatic carbocycles. The summed E-state index contributed by atoms with van der Waals surface area (Å²) in [6.07, 6.45) is -4.70. The maximum atomic E-state index is 13.1. The molecule has 3 aliphatic heterocycles. The van der Waals surface area contributed by atoms with Gasteiger partial charge in [-0.3, -0.25) is 4.90 Å². The van der Waals surface area contributed by atoms with Crippen LogP contribution < -0.4 is 9.64 Å². The van der Waals surface area contributed by atoms with Crippen LogP contribution in [0.1, 0.15) is 44.5 Å². The summed E-state index contributed by atoms with van der Waals surface area (Å²) in [6.45, 7) is 7.58. The Morgan fingerprint density at radius 2 is 1.88 bits per heavy atom. The summed E-state index contributed by atoms with van der Waals surface area (Å²) in [5.41, 5.74) is -1.34. The van der Waals surface area contributed by atoms with Crippen LogP contribution in [0.4, 0.5) is 24.0 Å². The summed E-state index contributed by atoms with van der Waals surface area (Å²) in [5, 5.41) is 0. The molecular weight excluding hydrogens is 527 g/mol. The normalized spacial score (nSPS) is 20.2. The van der Waals surface area contributed by atoms with Crippen molar-refractivity contribution in [2.75, 3.05) is 24.6 Å². The molecule has 2 bridgehead atoms. The van der Waals surface area contributed by atoms with Crippen molar-refractivity contribution >= 4 is 45.1 Å². The molecule has 0 saturated carbocycles. The van der Waals surface area contributed by atoms with Crippen LogP contribution in [0, 0.1) is 0 Å². The number of hydrogen-bond donors (Lipinski definition) is 0. The molecular formula is C21H23BrF3N3O6. The minimum absolute atomic E-state index is 0.00876. The number of nitrogens with zero attached hydrogens (tertiary/aromatic N) is 3. The number of aromatic nitrogens is 1. The zero-order valence-electron chi connectivity index (χ0n) is 18.9. The van der Waals surface area contributed by atoms with Gasteiger partial charge in [0, 0.05) is 13.1 Å². The van der Waals surface area contributed by atoms with Gasteiger partial charge in [-0.25, -0.2) is 9.59 Å². The number of benzene rings is 1. The largest absolute Gasteiger partial charge is 0.573 e. The summed E-state index contributed by atoms with van der Waals surface area (Å²) in [6, 6.07) is 0.914. The molecule has 2 aromatic rings. The second-order valence-corrected chi connectivity index (χ2v) is 9.87. The Morgan fingerprint density at radius 3 is 2.44 bits per heavy atom. The van der Waals surface area contributed by atoms with E-state index in [9.17, 15) is 22.8 Å². The van der Waals surface area contributed by atoms with Crippen molar-refractivity contribution in [1.82, 2.24) is 9.88 Å². The van der Waals surface area contributed by atoms with E-state index in [1.165, 1.54) is 6.92 Å². The van der Waals surface area contributed by atoms with Crippen molar-refractivity contribution in [2.24, 2.45) is 0 Å². The summed E-state index contributed by atoms with van der Waals surface area (Å²) < 4.78 is 59.9. The number of alkyl halides is 3. The lowest BCUT2D eigenvalue weighted by Gasteiger charge is -2.55. The monoisotopic (exact) mass is 549 g/mol. The number of esters is 1. The quantitative estimate of drug-likeness (QED) is 0.499. The minimum atomic E-state index is -5.07. The first-order chi connectivity index (χ1) is 15.8. The SMILES string of the molecule is CCOC(=O)c1cc(Br)c2oc(N3CC4CC(C3)N4C(=O)OC(C)(C)C)nc2c1OC(F)(F)F. The number of piperidine rings is 1. The first-order valence-electron chi connectivity index (χ1n) is 10.6. The molecule has 3 saturated heterocycles. The maximum absolute atomic E-state index is 13.1. The lowest BCUT2D eigenvalue weighted by atomic mass is 9.88.